The number of allylic oxidation sites excluding steroid dienone is 8. The number of ketones is 4. The zero-order valence-corrected chi connectivity index (χ0v) is 22.4. The van der Waals surface area contributed by atoms with Crippen molar-refractivity contribution in [1.29, 1.82) is 0 Å². The Balaban J connectivity index is 1.66. The highest BCUT2D eigenvalue weighted by Gasteiger charge is 2.39. The van der Waals surface area contributed by atoms with Crippen LogP contribution in [-0.2, 0) is 19.2 Å². The molecule has 4 aliphatic rings. The van der Waals surface area contributed by atoms with E-state index >= 15 is 0 Å². The van der Waals surface area contributed by atoms with Crippen molar-refractivity contribution in [3.05, 3.63) is 80.7 Å². The van der Waals surface area contributed by atoms with E-state index in [1.165, 1.54) is 0 Å². The van der Waals surface area contributed by atoms with Crippen molar-refractivity contribution < 1.29 is 39.6 Å². The first-order valence-corrected chi connectivity index (χ1v) is 14.1. The quantitative estimate of drug-likeness (QED) is 0.334. The zero-order chi connectivity index (χ0) is 28.6. The van der Waals surface area contributed by atoms with Crippen molar-refractivity contribution in [2.24, 2.45) is 0 Å². The molecule has 0 aliphatic heterocycles. The summed E-state index contributed by atoms with van der Waals surface area (Å²) in [5.41, 5.74) is 1.43. The summed E-state index contributed by atoms with van der Waals surface area (Å²) < 4.78 is 0. The van der Waals surface area contributed by atoms with Crippen molar-refractivity contribution in [2.75, 3.05) is 0 Å². The standard InChI is InChI=1S/C32H34O8/c33-19-5-1-6-20(34)29(19)27(30-21(35)7-2-8-22(30)36)17-13-15-18(16-14-17)28(31-23(37)9-3-10-24(31)38)32-25(39)11-4-12-26(32)40/h13-16,27-28,33,35,37,39H,1-12H2. The molecule has 0 amide bonds. The number of aliphatic hydroxyl groups excluding tert-OH is 4. The molecule has 8 nitrogen and oxygen atoms in total. The molecule has 8 heteroatoms. The van der Waals surface area contributed by atoms with Crippen molar-refractivity contribution in [3.63, 3.8) is 0 Å². The van der Waals surface area contributed by atoms with Crippen LogP contribution < -0.4 is 0 Å². The molecule has 0 aromatic heterocycles. The van der Waals surface area contributed by atoms with Crippen LogP contribution in [0.3, 0.4) is 0 Å². The zero-order valence-electron chi connectivity index (χ0n) is 22.4. The Morgan fingerprint density at radius 3 is 0.825 bits per heavy atom. The van der Waals surface area contributed by atoms with Crippen LogP contribution in [0.1, 0.15) is 100 Å². The van der Waals surface area contributed by atoms with Crippen LogP contribution in [0.4, 0.5) is 0 Å². The van der Waals surface area contributed by atoms with Crippen molar-refractivity contribution in [3.8, 4) is 0 Å². The molecule has 0 fully saturated rings. The van der Waals surface area contributed by atoms with Gasteiger partial charge in [-0.15, -0.1) is 0 Å². The van der Waals surface area contributed by atoms with Gasteiger partial charge in [0.1, 0.15) is 0 Å². The lowest BCUT2D eigenvalue weighted by atomic mass is 9.72. The highest BCUT2D eigenvalue weighted by atomic mass is 16.3. The Bertz CT molecular complexity index is 1210. The number of hydrogen-bond donors (Lipinski definition) is 4. The summed E-state index contributed by atoms with van der Waals surface area (Å²) >= 11 is 0. The van der Waals surface area contributed by atoms with Crippen LogP contribution in [-0.4, -0.2) is 43.6 Å². The average molecular weight is 547 g/mol. The number of carbonyl (C=O) groups is 4. The fourth-order valence-corrected chi connectivity index (χ4v) is 6.53. The van der Waals surface area contributed by atoms with E-state index in [4.69, 9.17) is 0 Å². The van der Waals surface area contributed by atoms with Crippen LogP contribution >= 0.6 is 0 Å². The van der Waals surface area contributed by atoms with Crippen molar-refractivity contribution in [1.82, 2.24) is 0 Å². The van der Waals surface area contributed by atoms with E-state index < -0.39 is 11.8 Å². The summed E-state index contributed by atoms with van der Waals surface area (Å²) in [6.07, 6.45) is 4.09. The molecule has 0 unspecified atom stereocenters. The molecule has 0 heterocycles. The van der Waals surface area contributed by atoms with E-state index in [1.54, 1.807) is 24.3 Å². The predicted octanol–water partition coefficient (Wildman–Crippen LogP) is 6.11. The Morgan fingerprint density at radius 2 is 0.625 bits per heavy atom. The summed E-state index contributed by atoms with van der Waals surface area (Å²) in [6, 6.07) is 6.64. The van der Waals surface area contributed by atoms with E-state index in [9.17, 15) is 39.6 Å². The lowest BCUT2D eigenvalue weighted by Crippen LogP contribution is -2.26. The first-order chi connectivity index (χ1) is 19.2. The monoisotopic (exact) mass is 546 g/mol. The maximum Gasteiger partial charge on any atom is 0.163 e. The third kappa shape index (κ3) is 5.03. The van der Waals surface area contributed by atoms with Crippen LogP contribution in [0, 0.1) is 0 Å². The smallest absolute Gasteiger partial charge is 0.163 e. The maximum absolute atomic E-state index is 13.0. The minimum absolute atomic E-state index is 0.0902. The molecule has 1 aromatic carbocycles. The molecule has 5 rings (SSSR count). The van der Waals surface area contributed by atoms with Gasteiger partial charge in [-0.25, -0.2) is 0 Å². The lowest BCUT2D eigenvalue weighted by Gasteiger charge is -2.30. The van der Waals surface area contributed by atoms with Gasteiger partial charge in [-0.2, -0.15) is 0 Å². The summed E-state index contributed by atoms with van der Waals surface area (Å²) in [7, 11) is 0. The molecular weight excluding hydrogens is 512 g/mol. The molecule has 0 radical (unpaired) electrons. The number of rotatable bonds is 6. The summed E-state index contributed by atoms with van der Waals surface area (Å²) in [4.78, 5) is 52.1. The Morgan fingerprint density at radius 1 is 0.400 bits per heavy atom. The van der Waals surface area contributed by atoms with E-state index in [0.29, 0.717) is 62.5 Å². The van der Waals surface area contributed by atoms with E-state index in [0.717, 1.165) is 0 Å². The number of carbonyl (C=O) groups excluding carboxylic acids is 4. The topological polar surface area (TPSA) is 149 Å². The van der Waals surface area contributed by atoms with Gasteiger partial charge < -0.3 is 20.4 Å². The Hall–Kier alpha value is -3.94. The second-order valence-electron chi connectivity index (χ2n) is 11.1. The summed E-state index contributed by atoms with van der Waals surface area (Å²) in [5.74, 6) is -3.39. The SMILES string of the molecule is O=C1CCCC(O)=C1C(C1=C(O)CCCC1=O)c1ccc(C(C2=C(O)CCCC2=O)C2=C(O)CCCC2=O)cc1. The third-order valence-electron chi connectivity index (χ3n) is 8.47. The molecule has 0 saturated carbocycles. The summed E-state index contributed by atoms with van der Waals surface area (Å²) in [5, 5.41) is 43.1. The van der Waals surface area contributed by atoms with E-state index in [1.807, 2.05) is 0 Å². The molecule has 0 bridgehead atoms. The van der Waals surface area contributed by atoms with Gasteiger partial charge in [-0.3, -0.25) is 19.2 Å². The van der Waals surface area contributed by atoms with Gasteiger partial charge in [0.15, 0.2) is 23.1 Å². The van der Waals surface area contributed by atoms with Gasteiger partial charge in [0, 0.05) is 85.5 Å². The number of Topliss-reactive ketones (excluding diaryl/α,β-unsaturated/α-hetero) is 4. The summed E-state index contributed by atoms with van der Waals surface area (Å²) in [6.45, 7) is 0. The third-order valence-corrected chi connectivity index (χ3v) is 8.47. The molecule has 40 heavy (non-hydrogen) atoms. The highest BCUT2D eigenvalue weighted by molar-refractivity contribution is 6.06. The number of hydrogen-bond acceptors (Lipinski definition) is 8. The highest BCUT2D eigenvalue weighted by Crippen LogP contribution is 2.45. The van der Waals surface area contributed by atoms with Crippen LogP contribution in [0.2, 0.25) is 0 Å². The first-order valence-electron chi connectivity index (χ1n) is 14.1. The average Bonchev–Trinajstić information content (AvgIpc) is 2.91. The second-order valence-corrected chi connectivity index (χ2v) is 11.1. The van der Waals surface area contributed by atoms with Crippen molar-refractivity contribution >= 4 is 23.1 Å². The van der Waals surface area contributed by atoms with E-state index in [2.05, 4.69) is 0 Å². The van der Waals surface area contributed by atoms with Gasteiger partial charge in [0.05, 0.1) is 23.0 Å². The van der Waals surface area contributed by atoms with Gasteiger partial charge in [-0.05, 0) is 36.8 Å². The second kappa shape index (κ2) is 11.3. The van der Waals surface area contributed by atoms with Gasteiger partial charge in [0.25, 0.3) is 0 Å². The largest absolute Gasteiger partial charge is 0.512 e. The molecule has 0 spiro atoms. The molecule has 4 N–H and O–H groups in total. The molecule has 1 aromatic rings. The first kappa shape index (κ1) is 27.6. The minimum atomic E-state index is -0.957. The predicted molar refractivity (Wildman–Crippen MR) is 146 cm³/mol. The van der Waals surface area contributed by atoms with Crippen LogP contribution in [0.5, 0.6) is 0 Å². The maximum atomic E-state index is 13.0. The molecule has 4 aliphatic carbocycles. The number of aliphatic hydroxyl groups is 4. The minimum Gasteiger partial charge on any atom is -0.512 e. The number of benzene rings is 1. The van der Waals surface area contributed by atoms with Crippen LogP contribution in [0.15, 0.2) is 69.6 Å². The Labute approximate surface area is 232 Å². The molecule has 210 valence electrons. The molecule has 0 atom stereocenters. The van der Waals surface area contributed by atoms with Crippen LogP contribution in [0.25, 0.3) is 0 Å². The van der Waals surface area contributed by atoms with Crippen molar-refractivity contribution in [2.45, 2.75) is 88.9 Å². The molecular formula is C32H34O8. The van der Waals surface area contributed by atoms with Gasteiger partial charge in [-0.1, -0.05) is 24.3 Å². The Kier molecular flexibility index (Phi) is 7.79. The molecule has 0 saturated heterocycles. The van der Waals surface area contributed by atoms with Gasteiger partial charge >= 0.3 is 0 Å². The lowest BCUT2D eigenvalue weighted by molar-refractivity contribution is -0.118. The van der Waals surface area contributed by atoms with Gasteiger partial charge in [0.2, 0.25) is 0 Å². The normalized spacial score (nSPS) is 21.4. The van der Waals surface area contributed by atoms with E-state index in [-0.39, 0.29) is 94.1 Å². The fourth-order valence-electron chi connectivity index (χ4n) is 6.53. The fraction of sp³-hybridized carbons (Fsp3) is 0.438.